The highest BCUT2D eigenvalue weighted by molar-refractivity contribution is 5.43. The van der Waals surface area contributed by atoms with Gasteiger partial charge in [0, 0.05) is 5.69 Å². The van der Waals surface area contributed by atoms with E-state index < -0.39 is 0 Å². The van der Waals surface area contributed by atoms with E-state index >= 15 is 0 Å². The fraction of sp³-hybridized carbons (Fsp3) is 0.571. The number of anilines is 1. The Hall–Kier alpha value is -1.02. The van der Waals surface area contributed by atoms with Gasteiger partial charge >= 0.3 is 0 Å². The minimum atomic E-state index is -0.245. The maximum absolute atomic E-state index is 10.0. The van der Waals surface area contributed by atoms with Crippen molar-refractivity contribution in [1.82, 2.24) is 0 Å². The van der Waals surface area contributed by atoms with Crippen LogP contribution in [0.4, 0.5) is 5.69 Å². The van der Waals surface area contributed by atoms with Gasteiger partial charge in [0.15, 0.2) is 0 Å². The number of hydrogen-bond acceptors (Lipinski definition) is 2. The lowest BCUT2D eigenvalue weighted by atomic mass is 10.0. The molecule has 0 saturated carbocycles. The number of nitrogens with one attached hydrogen (secondary N) is 1. The Labute approximate surface area is 98.7 Å². The van der Waals surface area contributed by atoms with E-state index in [0.29, 0.717) is 0 Å². The first-order chi connectivity index (χ1) is 7.77. The van der Waals surface area contributed by atoms with Crippen LogP contribution in [0.25, 0.3) is 0 Å². The Bertz CT molecular complexity index is 273. The topological polar surface area (TPSA) is 32.3 Å². The van der Waals surface area contributed by atoms with Crippen LogP contribution >= 0.6 is 0 Å². The molecule has 0 fully saturated rings. The molecule has 0 spiro atoms. The van der Waals surface area contributed by atoms with Crippen molar-refractivity contribution in [1.29, 1.82) is 0 Å². The van der Waals surface area contributed by atoms with E-state index in [2.05, 4.69) is 19.2 Å². The van der Waals surface area contributed by atoms with Gasteiger partial charge in [0.05, 0.1) is 12.1 Å². The second kappa shape index (κ2) is 7.29. The molecule has 1 aromatic rings. The number of aliphatic hydroxyl groups excluding tert-OH is 1. The van der Waals surface area contributed by atoms with Crippen molar-refractivity contribution in [2.45, 2.75) is 51.7 Å². The largest absolute Gasteiger partial charge is 0.391 e. The Balaban J connectivity index is 2.57. The summed E-state index contributed by atoms with van der Waals surface area (Å²) in [4.78, 5) is 0. The zero-order chi connectivity index (χ0) is 11.8. The Morgan fingerprint density at radius 3 is 2.25 bits per heavy atom. The van der Waals surface area contributed by atoms with Gasteiger partial charge in [-0.15, -0.1) is 0 Å². The number of hydrogen-bond donors (Lipinski definition) is 2. The highest BCUT2D eigenvalue weighted by atomic mass is 16.3. The molecule has 0 aromatic heterocycles. The highest BCUT2D eigenvalue weighted by Crippen LogP contribution is 2.15. The molecular weight excluding hydrogens is 198 g/mol. The lowest BCUT2D eigenvalue weighted by Gasteiger charge is -2.24. The minimum Gasteiger partial charge on any atom is -0.391 e. The third-order valence-corrected chi connectivity index (χ3v) is 2.77. The first kappa shape index (κ1) is 13.0. The molecule has 2 atom stereocenters. The van der Waals surface area contributed by atoms with Crippen molar-refractivity contribution < 1.29 is 5.11 Å². The summed E-state index contributed by atoms with van der Waals surface area (Å²) in [6.07, 6.45) is 3.74. The van der Waals surface area contributed by atoms with Crippen molar-refractivity contribution in [2.75, 3.05) is 5.32 Å². The van der Waals surface area contributed by atoms with Crippen molar-refractivity contribution in [3.8, 4) is 0 Å². The van der Waals surface area contributed by atoms with E-state index in [9.17, 15) is 5.11 Å². The molecule has 90 valence electrons. The van der Waals surface area contributed by atoms with Crippen LogP contribution in [0.2, 0.25) is 0 Å². The van der Waals surface area contributed by atoms with Gasteiger partial charge in [0.1, 0.15) is 0 Å². The molecule has 1 rings (SSSR count). The molecule has 0 saturated heterocycles. The summed E-state index contributed by atoms with van der Waals surface area (Å²) in [5.41, 5.74) is 1.09. The molecule has 0 radical (unpaired) electrons. The average Bonchev–Trinajstić information content (AvgIpc) is 2.30. The lowest BCUT2D eigenvalue weighted by molar-refractivity contribution is 0.137. The smallest absolute Gasteiger partial charge is 0.0741 e. The number of rotatable bonds is 7. The second-order valence-electron chi connectivity index (χ2n) is 4.26. The highest BCUT2D eigenvalue weighted by Gasteiger charge is 2.16. The van der Waals surface area contributed by atoms with Gasteiger partial charge in [-0.3, -0.25) is 0 Å². The Kier molecular flexibility index (Phi) is 5.94. The van der Waals surface area contributed by atoms with Crippen molar-refractivity contribution in [2.24, 2.45) is 0 Å². The zero-order valence-corrected chi connectivity index (χ0v) is 10.3. The van der Waals surface area contributed by atoms with E-state index in [1.165, 1.54) is 0 Å². The van der Waals surface area contributed by atoms with Gasteiger partial charge in [-0.05, 0) is 25.0 Å². The van der Waals surface area contributed by atoms with Gasteiger partial charge in [0.25, 0.3) is 0 Å². The molecule has 0 aliphatic rings. The van der Waals surface area contributed by atoms with E-state index in [0.717, 1.165) is 31.4 Å². The first-order valence-electron chi connectivity index (χ1n) is 6.27. The molecule has 16 heavy (non-hydrogen) atoms. The van der Waals surface area contributed by atoms with Crippen molar-refractivity contribution in [3.63, 3.8) is 0 Å². The third-order valence-electron chi connectivity index (χ3n) is 2.77. The molecule has 0 unspecified atom stereocenters. The summed E-state index contributed by atoms with van der Waals surface area (Å²) in [7, 11) is 0. The Morgan fingerprint density at radius 2 is 1.69 bits per heavy atom. The van der Waals surface area contributed by atoms with Crippen LogP contribution < -0.4 is 5.32 Å². The van der Waals surface area contributed by atoms with E-state index in [1.54, 1.807) is 0 Å². The predicted octanol–water partition coefficient (Wildman–Crippen LogP) is 3.43. The average molecular weight is 221 g/mol. The van der Waals surface area contributed by atoms with E-state index in [1.807, 2.05) is 30.3 Å². The summed E-state index contributed by atoms with van der Waals surface area (Å²) in [5, 5.41) is 13.5. The number of para-hydroxylation sites is 1. The van der Waals surface area contributed by atoms with Gasteiger partial charge in [0.2, 0.25) is 0 Å². The second-order valence-corrected chi connectivity index (χ2v) is 4.26. The minimum absolute atomic E-state index is 0.173. The maximum Gasteiger partial charge on any atom is 0.0741 e. The maximum atomic E-state index is 10.0. The SMILES string of the molecule is CCC[C@@H](O)[C@@H](CCC)Nc1ccccc1. The van der Waals surface area contributed by atoms with E-state index in [4.69, 9.17) is 0 Å². The van der Waals surface area contributed by atoms with Crippen LogP contribution in [0.15, 0.2) is 30.3 Å². The molecule has 0 heterocycles. The molecule has 2 N–H and O–H groups in total. The summed E-state index contributed by atoms with van der Waals surface area (Å²) in [6, 6.07) is 10.3. The lowest BCUT2D eigenvalue weighted by Crippen LogP contribution is -2.33. The van der Waals surface area contributed by atoms with Crippen molar-refractivity contribution >= 4 is 5.69 Å². The number of aliphatic hydroxyl groups is 1. The first-order valence-corrected chi connectivity index (χ1v) is 6.27. The predicted molar refractivity (Wildman–Crippen MR) is 69.7 cm³/mol. The van der Waals surface area contributed by atoms with Crippen molar-refractivity contribution in [3.05, 3.63) is 30.3 Å². The summed E-state index contributed by atoms with van der Waals surface area (Å²) >= 11 is 0. The quantitative estimate of drug-likeness (QED) is 0.739. The number of benzene rings is 1. The summed E-state index contributed by atoms with van der Waals surface area (Å²) < 4.78 is 0. The molecule has 0 amide bonds. The van der Waals surface area contributed by atoms with Gasteiger partial charge in [-0.25, -0.2) is 0 Å². The van der Waals surface area contributed by atoms with Crippen LogP contribution in [0, 0.1) is 0 Å². The van der Waals surface area contributed by atoms with Crippen LogP contribution in [0.5, 0.6) is 0 Å². The van der Waals surface area contributed by atoms with Gasteiger partial charge < -0.3 is 10.4 Å². The molecule has 1 aromatic carbocycles. The van der Waals surface area contributed by atoms with Crippen LogP contribution in [-0.4, -0.2) is 17.3 Å². The molecule has 0 aliphatic carbocycles. The normalized spacial score (nSPS) is 14.4. The molecular formula is C14H23NO. The fourth-order valence-electron chi connectivity index (χ4n) is 1.92. The fourth-order valence-corrected chi connectivity index (χ4v) is 1.92. The zero-order valence-electron chi connectivity index (χ0n) is 10.3. The van der Waals surface area contributed by atoms with Crippen LogP contribution in [-0.2, 0) is 0 Å². The molecule has 2 heteroatoms. The monoisotopic (exact) mass is 221 g/mol. The van der Waals surface area contributed by atoms with Gasteiger partial charge in [-0.1, -0.05) is 44.9 Å². The standard InChI is InChI=1S/C14H23NO/c1-3-8-13(14(16)9-4-2)15-12-10-6-5-7-11-12/h5-7,10-11,13-16H,3-4,8-9H2,1-2H3/t13-,14-/m1/s1. The molecule has 0 bridgehead atoms. The van der Waals surface area contributed by atoms with E-state index in [-0.39, 0.29) is 12.1 Å². The Morgan fingerprint density at radius 1 is 1.06 bits per heavy atom. The third kappa shape index (κ3) is 4.23. The molecule has 2 nitrogen and oxygen atoms in total. The van der Waals surface area contributed by atoms with Crippen LogP contribution in [0.1, 0.15) is 39.5 Å². The molecule has 0 aliphatic heterocycles. The summed E-state index contributed by atoms with van der Waals surface area (Å²) in [5.74, 6) is 0. The van der Waals surface area contributed by atoms with Gasteiger partial charge in [-0.2, -0.15) is 0 Å². The van der Waals surface area contributed by atoms with Crippen LogP contribution in [0.3, 0.4) is 0 Å². The summed E-state index contributed by atoms with van der Waals surface area (Å²) in [6.45, 7) is 4.26.